The maximum Gasteiger partial charge on any atom is 0.246 e. The van der Waals surface area contributed by atoms with Crippen LogP contribution in [-0.4, -0.2) is 35.0 Å². The predicted molar refractivity (Wildman–Crippen MR) is 69.1 cm³/mol. The summed E-state index contributed by atoms with van der Waals surface area (Å²) in [5, 5.41) is 6.17. The van der Waals surface area contributed by atoms with Gasteiger partial charge < -0.3 is 0 Å². The van der Waals surface area contributed by atoms with Gasteiger partial charge in [0.15, 0.2) is 0 Å². The van der Waals surface area contributed by atoms with Crippen molar-refractivity contribution in [3.8, 4) is 0 Å². The van der Waals surface area contributed by atoms with Gasteiger partial charge in [0, 0.05) is 11.5 Å². The fourth-order valence-electron chi connectivity index (χ4n) is 1.46. The van der Waals surface area contributed by atoms with Gasteiger partial charge >= 0.3 is 0 Å². The van der Waals surface area contributed by atoms with E-state index in [-0.39, 0.29) is 11.4 Å². The van der Waals surface area contributed by atoms with Crippen molar-refractivity contribution in [2.75, 3.05) is 7.05 Å². The molecule has 1 heterocycles. The maximum absolute atomic E-state index is 13.7. The van der Waals surface area contributed by atoms with E-state index >= 15 is 0 Å². The lowest BCUT2D eigenvalue weighted by molar-refractivity contribution is 0.451. The van der Waals surface area contributed by atoms with Crippen LogP contribution in [0.15, 0.2) is 33.9 Å². The van der Waals surface area contributed by atoms with E-state index in [1.165, 1.54) is 25.5 Å². The second-order valence-electron chi connectivity index (χ2n) is 3.77. The number of sulfonamides is 1. The number of rotatable bonds is 4. The van der Waals surface area contributed by atoms with Crippen LogP contribution in [0.5, 0.6) is 0 Å². The Hall–Kier alpha value is -1.32. The lowest BCUT2D eigenvalue weighted by Crippen LogP contribution is -2.27. The van der Waals surface area contributed by atoms with Gasteiger partial charge in [0.2, 0.25) is 10.0 Å². The summed E-state index contributed by atoms with van der Waals surface area (Å²) in [5.41, 5.74) is 0. The summed E-state index contributed by atoms with van der Waals surface area (Å²) in [4.78, 5) is 3.45. The summed E-state index contributed by atoms with van der Waals surface area (Å²) in [7, 11) is -2.57. The molecule has 0 aliphatic heterocycles. The van der Waals surface area contributed by atoms with Gasteiger partial charge in [-0.1, -0.05) is 15.9 Å². The highest BCUT2D eigenvalue weighted by Gasteiger charge is 2.25. The van der Waals surface area contributed by atoms with Crippen molar-refractivity contribution >= 4 is 26.0 Å². The number of aromatic amines is 1. The molecule has 0 aliphatic rings. The van der Waals surface area contributed by atoms with E-state index in [4.69, 9.17) is 0 Å². The van der Waals surface area contributed by atoms with Crippen LogP contribution in [0.1, 0.15) is 5.82 Å². The molecule has 0 amide bonds. The third-order valence-electron chi connectivity index (χ3n) is 2.42. The Morgan fingerprint density at radius 3 is 2.79 bits per heavy atom. The lowest BCUT2D eigenvalue weighted by atomic mass is 10.3. The normalized spacial score (nSPS) is 12.0. The van der Waals surface area contributed by atoms with E-state index in [0.717, 1.165) is 10.4 Å². The Balaban J connectivity index is 2.31. The van der Waals surface area contributed by atoms with Gasteiger partial charge in [-0.25, -0.2) is 17.8 Å². The summed E-state index contributed by atoms with van der Waals surface area (Å²) < 4.78 is 39.6. The zero-order valence-corrected chi connectivity index (χ0v) is 12.2. The smallest absolute Gasteiger partial charge is 0.246 e. The molecule has 9 heteroatoms. The van der Waals surface area contributed by atoms with Crippen molar-refractivity contribution in [3.63, 3.8) is 0 Å². The largest absolute Gasteiger partial charge is 0.262 e. The minimum Gasteiger partial charge on any atom is -0.262 e. The zero-order valence-electron chi connectivity index (χ0n) is 9.84. The van der Waals surface area contributed by atoms with E-state index in [1.54, 1.807) is 0 Å². The molecule has 0 fully saturated rings. The van der Waals surface area contributed by atoms with Crippen molar-refractivity contribution in [2.45, 2.75) is 11.4 Å². The second kappa shape index (κ2) is 5.35. The Kier molecular flexibility index (Phi) is 3.97. The van der Waals surface area contributed by atoms with E-state index in [9.17, 15) is 12.8 Å². The Bertz CT molecular complexity index is 675. The molecule has 1 N–H and O–H groups in total. The zero-order chi connectivity index (χ0) is 14.0. The van der Waals surface area contributed by atoms with Crippen molar-refractivity contribution < 1.29 is 12.8 Å². The number of benzene rings is 1. The molecular formula is C10H10BrFN4O2S. The molecule has 0 atom stereocenters. The van der Waals surface area contributed by atoms with Crippen LogP contribution in [0.4, 0.5) is 4.39 Å². The third-order valence-corrected chi connectivity index (χ3v) is 4.75. The second-order valence-corrected chi connectivity index (χ2v) is 6.70. The van der Waals surface area contributed by atoms with Gasteiger partial charge in [-0.15, -0.1) is 0 Å². The van der Waals surface area contributed by atoms with Crippen LogP contribution >= 0.6 is 15.9 Å². The minimum absolute atomic E-state index is 0.0160. The average Bonchev–Trinajstić information content (AvgIpc) is 2.81. The SMILES string of the molecule is CN(Cc1ncn[nH]1)S(=O)(=O)c1ccc(Br)cc1F. The Morgan fingerprint density at radius 2 is 2.21 bits per heavy atom. The minimum atomic E-state index is -3.91. The molecule has 6 nitrogen and oxygen atoms in total. The monoisotopic (exact) mass is 348 g/mol. The highest BCUT2D eigenvalue weighted by Crippen LogP contribution is 2.22. The maximum atomic E-state index is 13.7. The number of aromatic nitrogens is 3. The quantitative estimate of drug-likeness (QED) is 0.908. The highest BCUT2D eigenvalue weighted by atomic mass is 79.9. The number of nitrogens with zero attached hydrogens (tertiary/aromatic N) is 3. The Labute approximate surface area is 117 Å². The summed E-state index contributed by atoms with van der Waals surface area (Å²) in [6.07, 6.45) is 1.27. The van der Waals surface area contributed by atoms with Crippen LogP contribution in [0.25, 0.3) is 0 Å². The molecule has 0 bridgehead atoms. The summed E-state index contributed by atoms with van der Waals surface area (Å²) in [6.45, 7) is -0.0160. The van der Waals surface area contributed by atoms with Crippen LogP contribution in [0.3, 0.4) is 0 Å². The van der Waals surface area contributed by atoms with Crippen LogP contribution in [0, 0.1) is 5.82 Å². The average molecular weight is 349 g/mol. The number of H-pyrrole nitrogens is 1. The molecule has 0 aliphatic carbocycles. The summed E-state index contributed by atoms with van der Waals surface area (Å²) in [5.74, 6) is -0.428. The fraction of sp³-hybridized carbons (Fsp3) is 0.200. The first-order valence-electron chi connectivity index (χ1n) is 5.17. The van der Waals surface area contributed by atoms with Crippen LogP contribution in [0.2, 0.25) is 0 Å². The van der Waals surface area contributed by atoms with Crippen molar-refractivity contribution in [1.82, 2.24) is 19.5 Å². The van der Waals surface area contributed by atoms with E-state index in [1.807, 2.05) is 0 Å². The van der Waals surface area contributed by atoms with E-state index in [2.05, 4.69) is 31.1 Å². The summed E-state index contributed by atoms with van der Waals surface area (Å²) in [6, 6.07) is 3.79. The first kappa shape index (κ1) is 14.1. The molecule has 19 heavy (non-hydrogen) atoms. The molecule has 2 rings (SSSR count). The van der Waals surface area contributed by atoms with E-state index in [0.29, 0.717) is 10.3 Å². The number of hydrogen-bond donors (Lipinski definition) is 1. The van der Waals surface area contributed by atoms with Gasteiger partial charge in [0.25, 0.3) is 0 Å². The number of hydrogen-bond acceptors (Lipinski definition) is 4. The lowest BCUT2D eigenvalue weighted by Gasteiger charge is -2.16. The van der Waals surface area contributed by atoms with Gasteiger partial charge in [0.1, 0.15) is 22.9 Å². The number of halogens is 2. The third kappa shape index (κ3) is 2.99. The molecule has 0 saturated heterocycles. The topological polar surface area (TPSA) is 79.0 Å². The van der Waals surface area contributed by atoms with Crippen LogP contribution in [-0.2, 0) is 16.6 Å². The number of nitrogens with one attached hydrogen (secondary N) is 1. The van der Waals surface area contributed by atoms with Gasteiger partial charge in [-0.2, -0.15) is 9.40 Å². The Morgan fingerprint density at radius 1 is 1.47 bits per heavy atom. The molecule has 1 aromatic heterocycles. The molecule has 0 unspecified atom stereocenters. The standard InChI is InChI=1S/C10H10BrFN4O2S/c1-16(5-10-13-6-14-15-10)19(17,18)9-3-2-7(11)4-8(9)12/h2-4,6H,5H2,1H3,(H,13,14,15). The predicted octanol–water partition coefficient (Wildman–Crippen LogP) is 1.53. The van der Waals surface area contributed by atoms with Crippen LogP contribution < -0.4 is 0 Å². The van der Waals surface area contributed by atoms with Crippen molar-refractivity contribution in [1.29, 1.82) is 0 Å². The highest BCUT2D eigenvalue weighted by molar-refractivity contribution is 9.10. The fourth-order valence-corrected chi connectivity index (χ4v) is 2.96. The first-order valence-corrected chi connectivity index (χ1v) is 7.40. The van der Waals surface area contributed by atoms with E-state index < -0.39 is 15.8 Å². The van der Waals surface area contributed by atoms with Gasteiger partial charge in [0.05, 0.1) is 6.54 Å². The van der Waals surface area contributed by atoms with Gasteiger partial charge in [-0.05, 0) is 18.2 Å². The van der Waals surface area contributed by atoms with Crippen molar-refractivity contribution in [3.05, 3.63) is 40.6 Å². The molecule has 1 aromatic carbocycles. The first-order chi connectivity index (χ1) is 8.91. The molecule has 0 spiro atoms. The molecule has 2 aromatic rings. The molecule has 102 valence electrons. The molecular weight excluding hydrogens is 339 g/mol. The molecule has 0 radical (unpaired) electrons. The van der Waals surface area contributed by atoms with Gasteiger partial charge in [-0.3, -0.25) is 5.10 Å². The molecule has 0 saturated carbocycles. The summed E-state index contributed by atoms with van der Waals surface area (Å²) >= 11 is 3.08. The van der Waals surface area contributed by atoms with Crippen molar-refractivity contribution in [2.24, 2.45) is 0 Å².